The fraction of sp³-hybridized carbons (Fsp3) is 0.375. The van der Waals surface area contributed by atoms with Gasteiger partial charge >= 0.3 is 12.1 Å². The molecule has 0 spiro atoms. The van der Waals surface area contributed by atoms with Gasteiger partial charge in [-0.1, -0.05) is 0 Å². The van der Waals surface area contributed by atoms with Gasteiger partial charge in [-0.05, 0) is 6.92 Å². The first kappa shape index (κ1) is 19.0. The SMILES string of the molecule is COc1ncc(NC(=O)ON2CCN(c3nc(N)nc4scnc34)[C@@H](C)C2)cn1. The van der Waals surface area contributed by atoms with E-state index in [1.165, 1.54) is 30.8 Å². The topological polar surface area (TPSA) is 145 Å². The van der Waals surface area contributed by atoms with Gasteiger partial charge in [-0.2, -0.15) is 4.98 Å². The normalized spacial score (nSPS) is 17.3. The average molecular weight is 417 g/mol. The molecule has 3 aromatic rings. The minimum atomic E-state index is -0.618. The molecule has 4 heterocycles. The minimum absolute atomic E-state index is 0.0140. The number of nitrogens with one attached hydrogen (secondary N) is 1. The zero-order valence-electron chi connectivity index (χ0n) is 15.8. The van der Waals surface area contributed by atoms with Crippen molar-refractivity contribution in [1.82, 2.24) is 30.0 Å². The van der Waals surface area contributed by atoms with Crippen LogP contribution in [0.4, 0.5) is 22.2 Å². The molecule has 1 saturated heterocycles. The summed E-state index contributed by atoms with van der Waals surface area (Å²) in [5.41, 5.74) is 8.70. The number of amides is 1. The van der Waals surface area contributed by atoms with Crippen LogP contribution in [0.2, 0.25) is 0 Å². The monoisotopic (exact) mass is 417 g/mol. The van der Waals surface area contributed by atoms with E-state index >= 15 is 0 Å². The van der Waals surface area contributed by atoms with Crippen molar-refractivity contribution in [3.05, 3.63) is 17.9 Å². The number of nitrogens with two attached hydrogens (primary N) is 1. The van der Waals surface area contributed by atoms with Crippen molar-refractivity contribution in [2.75, 3.05) is 42.7 Å². The van der Waals surface area contributed by atoms with Crippen LogP contribution in [-0.2, 0) is 4.84 Å². The predicted octanol–water partition coefficient (Wildman–Crippen LogP) is 1.14. The summed E-state index contributed by atoms with van der Waals surface area (Å²) in [6, 6.07) is 0.230. The van der Waals surface area contributed by atoms with Gasteiger partial charge < -0.3 is 20.2 Å². The lowest BCUT2D eigenvalue weighted by Gasteiger charge is -2.39. The molecule has 0 aromatic carbocycles. The summed E-state index contributed by atoms with van der Waals surface area (Å²) in [5.74, 6) is 0.907. The van der Waals surface area contributed by atoms with Crippen molar-refractivity contribution in [1.29, 1.82) is 0 Å². The highest BCUT2D eigenvalue weighted by Crippen LogP contribution is 2.28. The van der Waals surface area contributed by atoms with E-state index in [0.717, 1.165) is 10.3 Å². The second kappa shape index (κ2) is 7.97. The van der Waals surface area contributed by atoms with E-state index in [-0.39, 0.29) is 18.0 Å². The highest BCUT2D eigenvalue weighted by atomic mass is 32.1. The Morgan fingerprint density at radius 1 is 1.28 bits per heavy atom. The molecule has 3 aromatic heterocycles. The first-order valence-corrected chi connectivity index (χ1v) is 9.64. The summed E-state index contributed by atoms with van der Waals surface area (Å²) < 4.78 is 4.88. The van der Waals surface area contributed by atoms with Crippen LogP contribution >= 0.6 is 11.3 Å². The third-order valence-corrected chi connectivity index (χ3v) is 5.05. The Kier molecular flexibility index (Phi) is 5.22. The average Bonchev–Trinajstić information content (AvgIpc) is 3.16. The van der Waals surface area contributed by atoms with Gasteiger partial charge in [0.25, 0.3) is 0 Å². The number of nitrogens with zero attached hydrogens (tertiary/aromatic N) is 7. The number of piperazine rings is 1. The minimum Gasteiger partial charge on any atom is -0.467 e. The molecule has 0 bridgehead atoms. The lowest BCUT2D eigenvalue weighted by Crippen LogP contribution is -2.53. The zero-order valence-corrected chi connectivity index (χ0v) is 16.6. The predicted molar refractivity (Wildman–Crippen MR) is 107 cm³/mol. The number of thiazole rings is 1. The van der Waals surface area contributed by atoms with Crippen molar-refractivity contribution in [3.8, 4) is 6.01 Å². The number of nitrogen functional groups attached to an aromatic ring is 1. The van der Waals surface area contributed by atoms with Crippen LogP contribution in [0, 0.1) is 0 Å². The number of carbonyl (C=O) groups is 1. The largest absolute Gasteiger partial charge is 0.467 e. The number of rotatable bonds is 4. The van der Waals surface area contributed by atoms with Crippen LogP contribution in [0.5, 0.6) is 6.01 Å². The number of fused-ring (bicyclic) bond motifs is 1. The molecule has 1 atom stereocenters. The van der Waals surface area contributed by atoms with Gasteiger partial charge in [-0.15, -0.1) is 16.4 Å². The molecular weight excluding hydrogens is 398 g/mol. The molecule has 0 unspecified atom stereocenters. The number of methoxy groups -OCH3 is 1. The van der Waals surface area contributed by atoms with Crippen molar-refractivity contribution in [2.24, 2.45) is 0 Å². The van der Waals surface area contributed by atoms with Gasteiger partial charge in [0.2, 0.25) is 5.95 Å². The number of hydrogen-bond acceptors (Lipinski definition) is 12. The Labute approximate surface area is 169 Å². The summed E-state index contributed by atoms with van der Waals surface area (Å²) in [6.07, 6.45) is 2.26. The van der Waals surface area contributed by atoms with E-state index in [1.54, 1.807) is 10.6 Å². The summed E-state index contributed by atoms with van der Waals surface area (Å²) in [7, 11) is 1.47. The molecule has 0 aliphatic carbocycles. The number of carbonyl (C=O) groups excluding carboxylic acids is 1. The first-order chi connectivity index (χ1) is 14.0. The summed E-state index contributed by atoms with van der Waals surface area (Å²) in [6.45, 7) is 3.58. The molecule has 3 N–H and O–H groups in total. The molecule has 0 radical (unpaired) electrons. The van der Waals surface area contributed by atoms with Crippen LogP contribution in [0.25, 0.3) is 10.3 Å². The number of hydrogen-bond donors (Lipinski definition) is 2. The van der Waals surface area contributed by atoms with Gasteiger partial charge in [0.15, 0.2) is 10.6 Å². The van der Waals surface area contributed by atoms with Gasteiger partial charge in [0.1, 0.15) is 5.52 Å². The highest BCUT2D eigenvalue weighted by Gasteiger charge is 2.29. The smallest absolute Gasteiger partial charge is 0.430 e. The van der Waals surface area contributed by atoms with Crippen LogP contribution < -0.4 is 20.7 Å². The molecule has 12 nitrogen and oxygen atoms in total. The van der Waals surface area contributed by atoms with E-state index in [4.69, 9.17) is 15.3 Å². The summed E-state index contributed by atoms with van der Waals surface area (Å²) in [4.78, 5) is 41.2. The molecule has 1 amide bonds. The lowest BCUT2D eigenvalue weighted by molar-refractivity contribution is -0.103. The van der Waals surface area contributed by atoms with Crippen molar-refractivity contribution in [2.45, 2.75) is 13.0 Å². The Morgan fingerprint density at radius 3 is 2.79 bits per heavy atom. The fourth-order valence-electron chi connectivity index (χ4n) is 3.03. The zero-order chi connectivity index (χ0) is 20.4. The van der Waals surface area contributed by atoms with E-state index in [0.29, 0.717) is 31.1 Å². The third kappa shape index (κ3) is 4.09. The summed E-state index contributed by atoms with van der Waals surface area (Å²) in [5, 5.41) is 4.18. The molecule has 0 saturated carbocycles. The lowest BCUT2D eigenvalue weighted by atomic mass is 10.2. The quantitative estimate of drug-likeness (QED) is 0.630. The van der Waals surface area contributed by atoms with Crippen molar-refractivity contribution >= 4 is 45.2 Å². The molecule has 4 rings (SSSR count). The third-order valence-electron chi connectivity index (χ3n) is 4.33. The fourth-order valence-corrected chi connectivity index (χ4v) is 3.69. The standard InChI is InChI=1S/C16H19N9O3S/c1-9-7-24(28-16(26)21-10-5-18-15(27-2)19-6-10)3-4-25(9)12-11-13(29-8-20-11)23-14(17)22-12/h5-6,8-9H,3-4,7H2,1-2H3,(H,21,26)(H2,17,22,23)/t9-/m0/s1. The van der Waals surface area contributed by atoms with Crippen LogP contribution in [-0.4, -0.2) is 68.9 Å². The first-order valence-electron chi connectivity index (χ1n) is 8.76. The van der Waals surface area contributed by atoms with Crippen LogP contribution in [0.1, 0.15) is 6.92 Å². The Balaban J connectivity index is 1.38. The highest BCUT2D eigenvalue weighted by molar-refractivity contribution is 7.16. The molecule has 29 heavy (non-hydrogen) atoms. The molecule has 1 fully saturated rings. The van der Waals surface area contributed by atoms with Crippen LogP contribution in [0.3, 0.4) is 0 Å². The summed E-state index contributed by atoms with van der Waals surface area (Å²) >= 11 is 1.42. The van der Waals surface area contributed by atoms with Gasteiger partial charge in [-0.25, -0.2) is 24.7 Å². The maximum atomic E-state index is 12.2. The molecule has 1 aliphatic heterocycles. The van der Waals surface area contributed by atoms with Crippen molar-refractivity contribution in [3.63, 3.8) is 0 Å². The number of aromatic nitrogens is 5. The Morgan fingerprint density at radius 2 is 2.07 bits per heavy atom. The van der Waals surface area contributed by atoms with E-state index < -0.39 is 6.09 Å². The maximum absolute atomic E-state index is 12.2. The van der Waals surface area contributed by atoms with Crippen molar-refractivity contribution < 1.29 is 14.4 Å². The molecule has 1 aliphatic rings. The van der Waals surface area contributed by atoms with Gasteiger partial charge in [0.05, 0.1) is 43.8 Å². The van der Waals surface area contributed by atoms with E-state index in [1.807, 2.05) is 6.92 Å². The van der Waals surface area contributed by atoms with Crippen LogP contribution in [0.15, 0.2) is 17.9 Å². The van der Waals surface area contributed by atoms with E-state index in [2.05, 4.69) is 35.1 Å². The number of anilines is 3. The maximum Gasteiger partial charge on any atom is 0.430 e. The second-order valence-electron chi connectivity index (χ2n) is 6.30. The molecule has 152 valence electrons. The van der Waals surface area contributed by atoms with Gasteiger partial charge in [-0.3, -0.25) is 5.32 Å². The molecule has 13 heteroatoms. The van der Waals surface area contributed by atoms with E-state index in [9.17, 15) is 4.79 Å². The number of hydroxylamine groups is 2. The molecular formula is C16H19N9O3S. The van der Waals surface area contributed by atoms with Gasteiger partial charge in [0, 0.05) is 12.6 Å². The Hall–Kier alpha value is -3.32. The number of ether oxygens (including phenoxy) is 1. The Bertz CT molecular complexity index is 1010. The second-order valence-corrected chi connectivity index (χ2v) is 7.14.